The summed E-state index contributed by atoms with van der Waals surface area (Å²) in [6, 6.07) is 34.1. The molecule has 0 bridgehead atoms. The van der Waals surface area contributed by atoms with E-state index in [-0.39, 0.29) is 5.04 Å². The third-order valence-corrected chi connectivity index (χ3v) is 19.2. The van der Waals surface area contributed by atoms with E-state index in [2.05, 4.69) is 132 Å². The molecule has 0 saturated heterocycles. The molecule has 2 aliphatic carbocycles. The molecule has 2 saturated carbocycles. The molecule has 5 rings (SSSR count). The first-order chi connectivity index (χ1) is 17.6. The molecule has 2 aliphatic rings. The molecule has 0 radical (unpaired) electrons. The molecule has 3 aromatic carbocycles. The maximum atomic E-state index is 7.01. The fourth-order valence-corrected chi connectivity index (χ4v) is 12.7. The van der Waals surface area contributed by atoms with E-state index in [1.54, 1.807) is 0 Å². The molecule has 0 heterocycles. The lowest BCUT2D eigenvalue weighted by Gasteiger charge is -2.39. The van der Waals surface area contributed by atoms with Crippen LogP contribution in [-0.4, -0.2) is 20.6 Å². The number of hydrogen-bond donors (Lipinski definition) is 0. The van der Waals surface area contributed by atoms with Crippen LogP contribution >= 0.6 is 7.26 Å². The fraction of sp³-hybridized carbons (Fsp3) is 0.471. The van der Waals surface area contributed by atoms with Crippen LogP contribution in [0.5, 0.6) is 0 Å². The van der Waals surface area contributed by atoms with Crippen LogP contribution < -0.4 is 15.9 Å². The van der Waals surface area contributed by atoms with Crippen LogP contribution in [0.2, 0.25) is 18.1 Å². The lowest BCUT2D eigenvalue weighted by atomic mass is 9.99. The highest BCUT2D eigenvalue weighted by atomic mass is 31.2. The Bertz CT molecular complexity index is 1070. The van der Waals surface area contributed by atoms with Gasteiger partial charge in [0.05, 0.1) is 6.16 Å². The van der Waals surface area contributed by atoms with Gasteiger partial charge in [-0.15, -0.1) is 0 Å². The molecule has 0 aromatic heterocycles. The van der Waals surface area contributed by atoms with Crippen molar-refractivity contribution in [3.63, 3.8) is 0 Å². The van der Waals surface area contributed by atoms with E-state index in [1.165, 1.54) is 47.8 Å². The number of rotatable bonds is 9. The minimum atomic E-state index is -1.74. The zero-order chi connectivity index (χ0) is 26.3. The highest BCUT2D eigenvalue weighted by Crippen LogP contribution is 2.71. The van der Waals surface area contributed by atoms with Crippen molar-refractivity contribution in [1.82, 2.24) is 0 Å². The second-order valence-corrected chi connectivity index (χ2v) is 21.6. The maximum absolute atomic E-state index is 7.01. The quantitative estimate of drug-likeness (QED) is 0.200. The van der Waals surface area contributed by atoms with Crippen molar-refractivity contribution in [2.75, 3.05) is 6.16 Å². The Labute approximate surface area is 227 Å². The molecule has 196 valence electrons. The number of fused-ring (bicyclic) bond motifs is 1. The Morgan fingerprint density at radius 3 is 1.70 bits per heavy atom. The highest BCUT2D eigenvalue weighted by molar-refractivity contribution is 7.95. The minimum absolute atomic E-state index is 0.279. The van der Waals surface area contributed by atoms with Crippen molar-refractivity contribution >= 4 is 31.5 Å². The summed E-state index contributed by atoms with van der Waals surface area (Å²) in [7, 11) is -3.46. The SMILES string of the molecule is CC12CCC(O[Si](C)(C)C(C)(C)C)C1C2CCC[P+](c1ccccc1)(c1ccccc1)c1ccccc1. The predicted octanol–water partition coefficient (Wildman–Crippen LogP) is 8.20. The third-order valence-electron chi connectivity index (χ3n) is 10.2. The Hall–Kier alpha value is -1.73. The second-order valence-electron chi connectivity index (χ2n) is 13.3. The molecular weight excluding hydrogens is 483 g/mol. The molecule has 3 heteroatoms. The van der Waals surface area contributed by atoms with Crippen LogP contribution in [0.3, 0.4) is 0 Å². The molecule has 0 amide bonds. The van der Waals surface area contributed by atoms with Crippen LogP contribution in [0.1, 0.15) is 53.4 Å². The van der Waals surface area contributed by atoms with Gasteiger partial charge in [-0.3, -0.25) is 0 Å². The van der Waals surface area contributed by atoms with Crippen LogP contribution in [0.4, 0.5) is 0 Å². The summed E-state index contributed by atoms with van der Waals surface area (Å²) in [5.74, 6) is 1.58. The van der Waals surface area contributed by atoms with Gasteiger partial charge in [-0.05, 0) is 97.5 Å². The summed E-state index contributed by atoms with van der Waals surface area (Å²) in [5.41, 5.74) is 0.500. The Morgan fingerprint density at radius 1 is 0.811 bits per heavy atom. The average molecular weight is 530 g/mol. The van der Waals surface area contributed by atoms with Crippen LogP contribution in [-0.2, 0) is 4.43 Å². The van der Waals surface area contributed by atoms with Crippen molar-refractivity contribution in [2.24, 2.45) is 17.3 Å². The van der Waals surface area contributed by atoms with Crippen molar-refractivity contribution in [3.05, 3.63) is 91.0 Å². The van der Waals surface area contributed by atoms with Crippen LogP contribution in [0.25, 0.3) is 0 Å². The zero-order valence-electron chi connectivity index (χ0n) is 23.8. The van der Waals surface area contributed by atoms with Crippen molar-refractivity contribution in [1.29, 1.82) is 0 Å². The Kier molecular flexibility index (Phi) is 7.33. The predicted molar refractivity (Wildman–Crippen MR) is 166 cm³/mol. The standard InChI is InChI=1S/C34H46OPSi/c1-33(2,3)37(5,6)35-31-24-25-34(4)30(32(31)34)23-16-26-36(27-17-10-7-11-18-27,28-19-12-8-13-20-28)29-21-14-9-15-22-29/h7-15,17-22,30-32H,16,23-26H2,1-6H3/q+1. The van der Waals surface area contributed by atoms with Crippen molar-refractivity contribution in [3.8, 4) is 0 Å². The van der Waals surface area contributed by atoms with Gasteiger partial charge in [-0.1, -0.05) is 82.3 Å². The Morgan fingerprint density at radius 2 is 1.27 bits per heavy atom. The van der Waals surface area contributed by atoms with Crippen LogP contribution in [0.15, 0.2) is 91.0 Å². The van der Waals surface area contributed by atoms with E-state index in [1.807, 2.05) is 0 Å². The van der Waals surface area contributed by atoms with Gasteiger partial charge >= 0.3 is 0 Å². The fourth-order valence-electron chi connectivity index (χ4n) is 7.00. The van der Waals surface area contributed by atoms with Crippen LogP contribution in [0, 0.1) is 17.3 Å². The zero-order valence-corrected chi connectivity index (χ0v) is 25.7. The molecule has 0 aliphatic heterocycles. The summed E-state index contributed by atoms with van der Waals surface area (Å²) in [4.78, 5) is 0. The molecule has 2 fully saturated rings. The van der Waals surface area contributed by atoms with Gasteiger partial charge in [0.1, 0.15) is 23.2 Å². The van der Waals surface area contributed by atoms with Crippen molar-refractivity contribution in [2.45, 2.75) is 77.6 Å². The van der Waals surface area contributed by atoms with Gasteiger partial charge < -0.3 is 4.43 Å². The Balaban J connectivity index is 1.39. The molecular formula is C34H46OPSi+. The van der Waals surface area contributed by atoms with Gasteiger partial charge in [-0.2, -0.15) is 0 Å². The molecule has 4 atom stereocenters. The monoisotopic (exact) mass is 529 g/mol. The first-order valence-corrected chi connectivity index (χ1v) is 19.2. The molecule has 3 aromatic rings. The highest BCUT2D eigenvalue weighted by Gasteiger charge is 2.67. The molecule has 37 heavy (non-hydrogen) atoms. The first-order valence-electron chi connectivity index (χ1n) is 14.3. The molecule has 0 N–H and O–H groups in total. The largest absolute Gasteiger partial charge is 0.414 e. The molecule has 4 unspecified atom stereocenters. The first kappa shape index (κ1) is 26.9. The summed E-state index contributed by atoms with van der Waals surface area (Å²) in [5, 5.41) is 4.80. The third kappa shape index (κ3) is 4.91. The molecule has 0 spiro atoms. The summed E-state index contributed by atoms with van der Waals surface area (Å²) in [6.07, 6.45) is 6.92. The smallest absolute Gasteiger partial charge is 0.192 e. The topological polar surface area (TPSA) is 9.23 Å². The van der Waals surface area contributed by atoms with Gasteiger partial charge in [0.25, 0.3) is 0 Å². The van der Waals surface area contributed by atoms with E-state index in [4.69, 9.17) is 4.43 Å². The normalized spacial score (nSPS) is 25.6. The van der Waals surface area contributed by atoms with E-state index in [0.29, 0.717) is 11.5 Å². The number of hydrogen-bond acceptors (Lipinski definition) is 1. The second kappa shape index (κ2) is 10.1. The lowest BCUT2D eigenvalue weighted by molar-refractivity contribution is 0.156. The van der Waals surface area contributed by atoms with Gasteiger partial charge in [-0.25, -0.2) is 0 Å². The van der Waals surface area contributed by atoms with Gasteiger partial charge in [0.15, 0.2) is 8.32 Å². The lowest BCUT2D eigenvalue weighted by Crippen LogP contribution is -2.44. The summed E-state index contributed by atoms with van der Waals surface area (Å²) in [6.45, 7) is 14.5. The molecule has 1 nitrogen and oxygen atoms in total. The summed E-state index contributed by atoms with van der Waals surface area (Å²) < 4.78 is 7.01. The maximum Gasteiger partial charge on any atom is 0.192 e. The van der Waals surface area contributed by atoms with Gasteiger partial charge in [0.2, 0.25) is 0 Å². The van der Waals surface area contributed by atoms with E-state index in [9.17, 15) is 0 Å². The van der Waals surface area contributed by atoms with E-state index >= 15 is 0 Å². The van der Waals surface area contributed by atoms with E-state index in [0.717, 1.165) is 11.8 Å². The van der Waals surface area contributed by atoms with Gasteiger partial charge in [0, 0.05) is 6.10 Å². The summed E-state index contributed by atoms with van der Waals surface area (Å²) >= 11 is 0. The van der Waals surface area contributed by atoms with E-state index < -0.39 is 15.6 Å². The average Bonchev–Trinajstić information content (AvgIpc) is 3.33. The number of benzene rings is 3. The van der Waals surface area contributed by atoms with Crippen molar-refractivity contribution < 1.29 is 4.43 Å². The minimum Gasteiger partial charge on any atom is -0.414 e.